The van der Waals surface area contributed by atoms with Crippen LogP contribution < -0.4 is 10.2 Å². The van der Waals surface area contributed by atoms with Gasteiger partial charge in [0, 0.05) is 43.0 Å². The third-order valence-corrected chi connectivity index (χ3v) is 8.51. The number of nitrogens with zero attached hydrogens (tertiary/aromatic N) is 2. The third-order valence-electron chi connectivity index (χ3n) is 6.48. The lowest BCUT2D eigenvalue weighted by molar-refractivity contribution is 0.0951. The number of sulfonamides is 1. The van der Waals surface area contributed by atoms with Gasteiger partial charge in [0.2, 0.25) is 10.0 Å². The van der Waals surface area contributed by atoms with Crippen molar-refractivity contribution in [2.45, 2.75) is 56.5 Å². The molecule has 0 aliphatic carbocycles. The van der Waals surface area contributed by atoms with Gasteiger partial charge in [-0.25, -0.2) is 8.42 Å². The van der Waals surface area contributed by atoms with Gasteiger partial charge >= 0.3 is 0 Å². The van der Waals surface area contributed by atoms with Gasteiger partial charge in [0.05, 0.1) is 4.90 Å². The second-order valence-electron chi connectivity index (χ2n) is 8.62. The van der Waals surface area contributed by atoms with Crippen LogP contribution in [0, 0.1) is 0 Å². The van der Waals surface area contributed by atoms with Crippen molar-refractivity contribution in [3.05, 3.63) is 59.7 Å². The molecule has 31 heavy (non-hydrogen) atoms. The van der Waals surface area contributed by atoms with Crippen LogP contribution in [0.3, 0.4) is 0 Å². The van der Waals surface area contributed by atoms with Crippen LogP contribution in [0.15, 0.2) is 53.4 Å². The van der Waals surface area contributed by atoms with E-state index in [2.05, 4.69) is 35.3 Å². The Morgan fingerprint density at radius 1 is 1.10 bits per heavy atom. The summed E-state index contributed by atoms with van der Waals surface area (Å²) in [6, 6.07) is 14.9. The maximum absolute atomic E-state index is 13.0. The lowest BCUT2D eigenvalue weighted by Crippen LogP contribution is -2.42. The second-order valence-corrected chi connectivity index (χ2v) is 10.5. The number of amides is 1. The van der Waals surface area contributed by atoms with E-state index in [1.807, 2.05) is 13.0 Å². The van der Waals surface area contributed by atoms with Crippen molar-refractivity contribution in [3.8, 4) is 0 Å². The van der Waals surface area contributed by atoms with Gasteiger partial charge in [0.25, 0.3) is 5.91 Å². The molecular weight excluding hydrogens is 410 g/mol. The van der Waals surface area contributed by atoms with Gasteiger partial charge in [-0.1, -0.05) is 24.6 Å². The van der Waals surface area contributed by atoms with E-state index in [-0.39, 0.29) is 22.9 Å². The van der Waals surface area contributed by atoms with Crippen molar-refractivity contribution in [2.24, 2.45) is 0 Å². The Balaban J connectivity index is 1.37. The van der Waals surface area contributed by atoms with E-state index >= 15 is 0 Å². The van der Waals surface area contributed by atoms with Gasteiger partial charge in [0.1, 0.15) is 0 Å². The molecule has 1 amide bonds. The van der Waals surface area contributed by atoms with Crippen LogP contribution in [0.4, 0.5) is 5.69 Å². The number of benzene rings is 2. The normalized spacial score (nSPS) is 20.3. The Morgan fingerprint density at radius 2 is 1.84 bits per heavy atom. The van der Waals surface area contributed by atoms with Crippen LogP contribution in [0.5, 0.6) is 0 Å². The Morgan fingerprint density at radius 3 is 2.58 bits per heavy atom. The van der Waals surface area contributed by atoms with Crippen molar-refractivity contribution in [3.63, 3.8) is 0 Å². The molecule has 0 aromatic heterocycles. The number of carbonyl (C=O) groups excluding carboxylic acids is 1. The van der Waals surface area contributed by atoms with E-state index in [9.17, 15) is 13.2 Å². The molecule has 2 aromatic rings. The van der Waals surface area contributed by atoms with Crippen LogP contribution in [0.2, 0.25) is 0 Å². The fraction of sp³-hybridized carbons (Fsp3) is 0.458. The van der Waals surface area contributed by atoms with E-state index in [1.165, 1.54) is 11.3 Å². The summed E-state index contributed by atoms with van der Waals surface area (Å²) >= 11 is 0. The first-order valence-corrected chi connectivity index (χ1v) is 12.6. The van der Waals surface area contributed by atoms with E-state index in [0.29, 0.717) is 18.7 Å². The van der Waals surface area contributed by atoms with Crippen molar-refractivity contribution >= 4 is 21.6 Å². The van der Waals surface area contributed by atoms with Crippen LogP contribution >= 0.6 is 0 Å². The monoisotopic (exact) mass is 441 g/mol. The minimum atomic E-state index is -3.52. The van der Waals surface area contributed by atoms with Crippen LogP contribution in [0.25, 0.3) is 0 Å². The van der Waals surface area contributed by atoms with Crippen LogP contribution in [-0.4, -0.2) is 50.3 Å². The maximum Gasteiger partial charge on any atom is 0.251 e. The zero-order valence-corrected chi connectivity index (χ0v) is 19.1. The first-order chi connectivity index (χ1) is 14.9. The molecule has 0 radical (unpaired) electrons. The minimum Gasteiger partial charge on any atom is -0.366 e. The topological polar surface area (TPSA) is 69.7 Å². The molecule has 1 N–H and O–H groups in total. The SMILES string of the molecule is CC(CNC(=O)c1ccc(S(=O)(=O)N2CCCCC2C)cc1)N1CCc2ccccc21. The molecule has 2 heterocycles. The van der Waals surface area contributed by atoms with Gasteiger partial charge < -0.3 is 10.2 Å². The van der Waals surface area contributed by atoms with Crippen molar-refractivity contribution in [1.29, 1.82) is 0 Å². The number of carbonyl (C=O) groups is 1. The third kappa shape index (κ3) is 4.48. The van der Waals surface area contributed by atoms with Crippen molar-refractivity contribution in [1.82, 2.24) is 9.62 Å². The predicted octanol–water partition coefficient (Wildman–Crippen LogP) is 3.43. The number of rotatable bonds is 6. The zero-order valence-electron chi connectivity index (χ0n) is 18.3. The Bertz CT molecular complexity index is 1040. The molecule has 2 aliphatic heterocycles. The molecule has 0 saturated carbocycles. The Hall–Kier alpha value is -2.38. The molecule has 7 heteroatoms. The molecule has 2 aromatic carbocycles. The Kier molecular flexibility index (Phi) is 6.34. The van der Waals surface area contributed by atoms with Crippen molar-refractivity contribution in [2.75, 3.05) is 24.5 Å². The van der Waals surface area contributed by atoms with E-state index < -0.39 is 10.0 Å². The second kappa shape index (κ2) is 9.01. The number of hydrogen-bond acceptors (Lipinski definition) is 4. The summed E-state index contributed by atoms with van der Waals surface area (Å²) in [4.78, 5) is 15.2. The number of piperidine rings is 1. The highest BCUT2D eigenvalue weighted by Crippen LogP contribution is 2.29. The first kappa shape index (κ1) is 21.8. The molecule has 6 nitrogen and oxygen atoms in total. The lowest BCUT2D eigenvalue weighted by atomic mass is 10.1. The van der Waals surface area contributed by atoms with Gasteiger partial charge in [-0.15, -0.1) is 0 Å². The average molecular weight is 442 g/mol. The van der Waals surface area contributed by atoms with Gasteiger partial charge in [-0.3, -0.25) is 4.79 Å². The Labute approximate surface area is 185 Å². The smallest absolute Gasteiger partial charge is 0.251 e. The zero-order chi connectivity index (χ0) is 22.0. The number of anilines is 1. The van der Waals surface area contributed by atoms with Crippen molar-refractivity contribution < 1.29 is 13.2 Å². The van der Waals surface area contributed by atoms with Crippen LogP contribution in [0.1, 0.15) is 49.0 Å². The predicted molar refractivity (Wildman–Crippen MR) is 123 cm³/mol. The summed E-state index contributed by atoms with van der Waals surface area (Å²) in [6.45, 7) is 6.11. The maximum atomic E-state index is 13.0. The van der Waals surface area contributed by atoms with Gasteiger partial charge in [-0.05, 0) is 69.0 Å². The molecule has 0 bridgehead atoms. The standard InChI is InChI=1S/C24H31N3O3S/c1-18-7-5-6-15-27(18)31(29,30)22-12-10-21(11-13-22)24(28)25-17-19(2)26-16-14-20-8-3-4-9-23(20)26/h3-4,8-13,18-19H,5-7,14-17H2,1-2H3,(H,25,28). The largest absolute Gasteiger partial charge is 0.366 e. The first-order valence-electron chi connectivity index (χ1n) is 11.1. The van der Waals surface area contributed by atoms with Gasteiger partial charge in [-0.2, -0.15) is 4.31 Å². The highest BCUT2D eigenvalue weighted by atomic mass is 32.2. The number of para-hydroxylation sites is 1. The molecule has 1 fully saturated rings. The minimum absolute atomic E-state index is 0.0129. The average Bonchev–Trinajstić information content (AvgIpc) is 3.22. The number of nitrogens with one attached hydrogen (secondary N) is 1. The van der Waals surface area contributed by atoms with E-state index in [4.69, 9.17) is 0 Å². The molecule has 2 atom stereocenters. The summed E-state index contributed by atoms with van der Waals surface area (Å²) in [6.07, 6.45) is 3.87. The fourth-order valence-corrected chi connectivity index (χ4v) is 6.32. The summed E-state index contributed by atoms with van der Waals surface area (Å²) in [7, 11) is -3.52. The fourth-order valence-electron chi connectivity index (χ4n) is 4.62. The molecule has 4 rings (SSSR count). The summed E-state index contributed by atoms with van der Waals surface area (Å²) in [5.74, 6) is -0.186. The van der Waals surface area contributed by atoms with Gasteiger partial charge in [0.15, 0.2) is 0 Å². The quantitative estimate of drug-likeness (QED) is 0.746. The number of hydrogen-bond donors (Lipinski definition) is 1. The van der Waals surface area contributed by atoms with E-state index in [0.717, 1.165) is 32.2 Å². The summed E-state index contributed by atoms with van der Waals surface area (Å²) < 4.78 is 27.5. The van der Waals surface area contributed by atoms with Crippen LogP contribution in [-0.2, 0) is 16.4 Å². The summed E-state index contributed by atoms with van der Waals surface area (Å²) in [5.41, 5.74) is 3.06. The summed E-state index contributed by atoms with van der Waals surface area (Å²) in [5, 5.41) is 2.99. The highest BCUT2D eigenvalue weighted by Gasteiger charge is 2.31. The number of fused-ring (bicyclic) bond motifs is 1. The molecule has 2 unspecified atom stereocenters. The molecule has 0 spiro atoms. The lowest BCUT2D eigenvalue weighted by Gasteiger charge is -2.32. The molecule has 1 saturated heterocycles. The molecule has 166 valence electrons. The molecular formula is C24H31N3O3S. The molecule has 2 aliphatic rings. The van der Waals surface area contributed by atoms with E-state index in [1.54, 1.807) is 28.6 Å². The highest BCUT2D eigenvalue weighted by molar-refractivity contribution is 7.89.